The molecule has 1 aromatic rings. The van der Waals surface area contributed by atoms with Gasteiger partial charge in [0.15, 0.2) is 0 Å². The summed E-state index contributed by atoms with van der Waals surface area (Å²) in [6.45, 7) is 3.28. The van der Waals surface area contributed by atoms with Crippen molar-refractivity contribution in [1.29, 1.82) is 0 Å². The summed E-state index contributed by atoms with van der Waals surface area (Å²) < 4.78 is 1.99. The van der Waals surface area contributed by atoms with E-state index >= 15 is 0 Å². The van der Waals surface area contributed by atoms with Gasteiger partial charge in [-0.15, -0.1) is 0 Å². The highest BCUT2D eigenvalue weighted by Crippen LogP contribution is 2.34. The quantitative estimate of drug-likeness (QED) is 0.764. The average molecular weight is 221 g/mol. The Labute approximate surface area is 98.2 Å². The first-order valence-corrected chi connectivity index (χ1v) is 6.50. The van der Waals surface area contributed by atoms with Crippen molar-refractivity contribution in [3.8, 4) is 0 Å². The summed E-state index contributed by atoms with van der Waals surface area (Å²) in [6.07, 6.45) is 8.54. The number of rotatable bonds is 7. The SMILES string of the molecule is CCNC(CCc1ccnn1C)CC1CC1. The van der Waals surface area contributed by atoms with Crippen LogP contribution in [0.4, 0.5) is 0 Å². The van der Waals surface area contributed by atoms with Gasteiger partial charge in [-0.3, -0.25) is 4.68 Å². The van der Waals surface area contributed by atoms with E-state index in [2.05, 4.69) is 23.4 Å². The van der Waals surface area contributed by atoms with E-state index in [9.17, 15) is 0 Å². The highest BCUT2D eigenvalue weighted by Gasteiger charge is 2.24. The van der Waals surface area contributed by atoms with Crippen LogP contribution in [0.3, 0.4) is 0 Å². The molecule has 1 saturated carbocycles. The summed E-state index contributed by atoms with van der Waals surface area (Å²) in [5.41, 5.74) is 1.35. The van der Waals surface area contributed by atoms with E-state index in [0.29, 0.717) is 6.04 Å². The Kier molecular flexibility index (Phi) is 3.99. The van der Waals surface area contributed by atoms with E-state index in [1.54, 1.807) is 0 Å². The third-order valence-electron chi connectivity index (χ3n) is 3.48. The summed E-state index contributed by atoms with van der Waals surface area (Å²) in [5.74, 6) is 1.01. The summed E-state index contributed by atoms with van der Waals surface area (Å²) in [5, 5.41) is 7.82. The van der Waals surface area contributed by atoms with E-state index in [1.165, 1.54) is 31.4 Å². The molecule has 0 amide bonds. The van der Waals surface area contributed by atoms with Crippen molar-refractivity contribution in [2.24, 2.45) is 13.0 Å². The second-order valence-corrected chi connectivity index (χ2v) is 4.92. The normalized spacial score (nSPS) is 17.6. The van der Waals surface area contributed by atoms with Crippen molar-refractivity contribution in [2.45, 2.75) is 45.1 Å². The zero-order valence-corrected chi connectivity index (χ0v) is 10.4. The second-order valence-electron chi connectivity index (χ2n) is 4.92. The minimum Gasteiger partial charge on any atom is -0.314 e. The summed E-state index contributed by atoms with van der Waals surface area (Å²) >= 11 is 0. The van der Waals surface area contributed by atoms with Gasteiger partial charge in [0.2, 0.25) is 0 Å². The predicted molar refractivity (Wildman–Crippen MR) is 66.3 cm³/mol. The Balaban J connectivity index is 1.78. The summed E-state index contributed by atoms with van der Waals surface area (Å²) in [7, 11) is 2.03. The Hall–Kier alpha value is -0.830. The second kappa shape index (κ2) is 5.48. The lowest BCUT2D eigenvalue weighted by Gasteiger charge is -2.17. The van der Waals surface area contributed by atoms with Crippen LogP contribution in [0.1, 0.15) is 38.3 Å². The topological polar surface area (TPSA) is 29.9 Å². The molecule has 16 heavy (non-hydrogen) atoms. The lowest BCUT2D eigenvalue weighted by molar-refractivity contribution is 0.437. The summed E-state index contributed by atoms with van der Waals surface area (Å²) in [6, 6.07) is 2.83. The molecule has 0 saturated heterocycles. The molecule has 1 aliphatic rings. The number of nitrogens with zero attached hydrogens (tertiary/aromatic N) is 2. The molecule has 90 valence electrons. The van der Waals surface area contributed by atoms with Gasteiger partial charge in [-0.05, 0) is 37.8 Å². The standard InChI is InChI=1S/C13H23N3/c1-3-14-12(10-11-4-5-11)6-7-13-8-9-15-16(13)2/h8-9,11-12,14H,3-7,10H2,1-2H3. The van der Waals surface area contributed by atoms with Crippen molar-refractivity contribution in [3.63, 3.8) is 0 Å². The Morgan fingerprint density at radius 3 is 2.94 bits per heavy atom. The number of hydrogen-bond donors (Lipinski definition) is 1. The zero-order valence-electron chi connectivity index (χ0n) is 10.4. The first kappa shape index (κ1) is 11.6. The van der Waals surface area contributed by atoms with Crippen LogP contribution >= 0.6 is 0 Å². The van der Waals surface area contributed by atoms with E-state index in [-0.39, 0.29) is 0 Å². The van der Waals surface area contributed by atoms with E-state index in [0.717, 1.165) is 18.9 Å². The fourth-order valence-corrected chi connectivity index (χ4v) is 2.32. The van der Waals surface area contributed by atoms with Crippen molar-refractivity contribution < 1.29 is 0 Å². The van der Waals surface area contributed by atoms with Crippen LogP contribution in [0, 0.1) is 5.92 Å². The summed E-state index contributed by atoms with van der Waals surface area (Å²) in [4.78, 5) is 0. The molecule has 1 atom stereocenters. The molecule has 1 N–H and O–H groups in total. The number of nitrogens with one attached hydrogen (secondary N) is 1. The lowest BCUT2D eigenvalue weighted by atomic mass is 10.0. The van der Waals surface area contributed by atoms with Crippen LogP contribution < -0.4 is 5.32 Å². The molecule has 0 bridgehead atoms. The third kappa shape index (κ3) is 3.34. The predicted octanol–water partition coefficient (Wildman–Crippen LogP) is 2.13. The maximum Gasteiger partial charge on any atom is 0.0492 e. The van der Waals surface area contributed by atoms with Crippen molar-refractivity contribution in [1.82, 2.24) is 15.1 Å². The molecule has 0 spiro atoms. The molecule has 3 nitrogen and oxygen atoms in total. The molecule has 3 heteroatoms. The Bertz CT molecular complexity index is 315. The molecular formula is C13H23N3. The van der Waals surface area contributed by atoms with Crippen LogP contribution in [0.25, 0.3) is 0 Å². The van der Waals surface area contributed by atoms with E-state index in [1.807, 2.05) is 17.9 Å². The molecule has 0 radical (unpaired) electrons. The van der Waals surface area contributed by atoms with E-state index < -0.39 is 0 Å². The molecule has 1 heterocycles. The van der Waals surface area contributed by atoms with Crippen LogP contribution in [-0.2, 0) is 13.5 Å². The maximum absolute atomic E-state index is 4.21. The molecule has 0 aliphatic heterocycles. The van der Waals surface area contributed by atoms with Crippen LogP contribution in [0.15, 0.2) is 12.3 Å². The lowest BCUT2D eigenvalue weighted by Crippen LogP contribution is -2.30. The van der Waals surface area contributed by atoms with Gasteiger partial charge in [-0.25, -0.2) is 0 Å². The molecule has 0 aromatic carbocycles. The van der Waals surface area contributed by atoms with E-state index in [4.69, 9.17) is 0 Å². The zero-order chi connectivity index (χ0) is 11.4. The highest BCUT2D eigenvalue weighted by molar-refractivity contribution is 5.00. The van der Waals surface area contributed by atoms with Gasteiger partial charge in [0.25, 0.3) is 0 Å². The molecule has 2 rings (SSSR count). The Morgan fingerprint density at radius 1 is 1.56 bits per heavy atom. The minimum atomic E-state index is 0.701. The van der Waals surface area contributed by atoms with Crippen molar-refractivity contribution in [3.05, 3.63) is 18.0 Å². The van der Waals surface area contributed by atoms with Gasteiger partial charge in [0.05, 0.1) is 0 Å². The van der Waals surface area contributed by atoms with Gasteiger partial charge >= 0.3 is 0 Å². The maximum atomic E-state index is 4.21. The fraction of sp³-hybridized carbons (Fsp3) is 0.769. The number of aromatic nitrogens is 2. The molecule has 1 unspecified atom stereocenters. The smallest absolute Gasteiger partial charge is 0.0492 e. The third-order valence-corrected chi connectivity index (χ3v) is 3.48. The number of aryl methyl sites for hydroxylation is 2. The monoisotopic (exact) mass is 221 g/mol. The fourth-order valence-electron chi connectivity index (χ4n) is 2.32. The van der Waals surface area contributed by atoms with Gasteiger partial charge < -0.3 is 5.32 Å². The van der Waals surface area contributed by atoms with Crippen LogP contribution in [0.5, 0.6) is 0 Å². The largest absolute Gasteiger partial charge is 0.314 e. The van der Waals surface area contributed by atoms with Crippen LogP contribution in [0.2, 0.25) is 0 Å². The van der Waals surface area contributed by atoms with Gasteiger partial charge in [-0.1, -0.05) is 19.8 Å². The number of hydrogen-bond acceptors (Lipinski definition) is 2. The van der Waals surface area contributed by atoms with Gasteiger partial charge in [-0.2, -0.15) is 5.10 Å². The Morgan fingerprint density at radius 2 is 2.38 bits per heavy atom. The average Bonchev–Trinajstić information content (AvgIpc) is 2.98. The van der Waals surface area contributed by atoms with Crippen molar-refractivity contribution in [2.75, 3.05) is 6.54 Å². The highest BCUT2D eigenvalue weighted by atomic mass is 15.2. The first-order valence-electron chi connectivity index (χ1n) is 6.50. The molecule has 1 aromatic heterocycles. The first-order chi connectivity index (χ1) is 7.79. The van der Waals surface area contributed by atoms with Crippen molar-refractivity contribution >= 4 is 0 Å². The molecular weight excluding hydrogens is 198 g/mol. The molecule has 1 fully saturated rings. The van der Waals surface area contributed by atoms with Gasteiger partial charge in [0, 0.05) is 25.0 Å². The molecule has 1 aliphatic carbocycles. The van der Waals surface area contributed by atoms with Crippen LogP contribution in [-0.4, -0.2) is 22.4 Å². The van der Waals surface area contributed by atoms with Gasteiger partial charge in [0.1, 0.15) is 0 Å². The minimum absolute atomic E-state index is 0.701.